The predicted octanol–water partition coefficient (Wildman–Crippen LogP) is 4.40. The molecule has 2 aliphatic heterocycles. The van der Waals surface area contributed by atoms with Gasteiger partial charge in [-0.1, -0.05) is 19.1 Å². The van der Waals surface area contributed by atoms with E-state index in [2.05, 4.69) is 51.8 Å². The van der Waals surface area contributed by atoms with Gasteiger partial charge in [-0.3, -0.25) is 4.98 Å². The quantitative estimate of drug-likeness (QED) is 0.658. The van der Waals surface area contributed by atoms with Crippen LogP contribution in [0.1, 0.15) is 31.0 Å². The van der Waals surface area contributed by atoms with Crippen LogP contribution in [0.25, 0.3) is 11.1 Å². The maximum Gasteiger partial charge on any atom is 0.251 e. The van der Waals surface area contributed by atoms with E-state index in [0.29, 0.717) is 25.1 Å². The Bertz CT molecular complexity index is 1080. The molecule has 2 aliphatic rings. The highest BCUT2D eigenvalue weighted by Crippen LogP contribution is 2.30. The van der Waals surface area contributed by atoms with Gasteiger partial charge < -0.3 is 15.4 Å². The summed E-state index contributed by atoms with van der Waals surface area (Å²) in [5.41, 5.74) is 6.29. The second kappa shape index (κ2) is 8.91. The molecule has 0 saturated carbocycles. The second-order valence-corrected chi connectivity index (χ2v) is 8.18. The van der Waals surface area contributed by atoms with Crippen molar-refractivity contribution in [3.8, 4) is 11.1 Å². The molecule has 7 nitrogen and oxygen atoms in total. The molecule has 0 bridgehead atoms. The first kappa shape index (κ1) is 19.8. The molecule has 1 atom stereocenters. The van der Waals surface area contributed by atoms with Gasteiger partial charge in [-0.05, 0) is 60.7 Å². The molecule has 2 N–H and O–H groups in total. The number of nitrogens with zero attached hydrogens (tertiary/aromatic N) is 4. The van der Waals surface area contributed by atoms with Gasteiger partial charge in [0.25, 0.3) is 5.95 Å². The lowest BCUT2D eigenvalue weighted by molar-refractivity contribution is 0.133. The summed E-state index contributed by atoms with van der Waals surface area (Å²) in [6, 6.07) is 12.3. The maximum absolute atomic E-state index is 5.64. The van der Waals surface area contributed by atoms with Crippen molar-refractivity contribution in [3.05, 3.63) is 60.0 Å². The van der Waals surface area contributed by atoms with Gasteiger partial charge in [-0.25, -0.2) is 9.98 Å². The summed E-state index contributed by atoms with van der Waals surface area (Å²) < 4.78 is 5.64. The summed E-state index contributed by atoms with van der Waals surface area (Å²) >= 11 is 0. The molecule has 1 unspecified atom stereocenters. The number of rotatable bonds is 4. The number of pyridine rings is 1. The maximum atomic E-state index is 5.64. The number of hydrogen-bond acceptors (Lipinski definition) is 7. The molecule has 0 radical (unpaired) electrons. The molecule has 1 aromatic carbocycles. The normalized spacial score (nSPS) is 19.8. The number of hydrogen-bond donors (Lipinski definition) is 2. The number of anilines is 2. The van der Waals surface area contributed by atoms with E-state index in [4.69, 9.17) is 14.7 Å². The first-order chi connectivity index (χ1) is 15.2. The molecule has 1 fully saturated rings. The van der Waals surface area contributed by atoms with Crippen LogP contribution in [0.5, 0.6) is 0 Å². The monoisotopic (exact) mass is 414 g/mol. The molecule has 1 saturated heterocycles. The number of fused-ring (bicyclic) bond motifs is 1. The Kier molecular flexibility index (Phi) is 5.69. The van der Waals surface area contributed by atoms with Crippen molar-refractivity contribution in [2.75, 3.05) is 18.4 Å². The van der Waals surface area contributed by atoms with Crippen molar-refractivity contribution >= 4 is 23.2 Å². The molecule has 31 heavy (non-hydrogen) atoms. The third-order valence-electron chi connectivity index (χ3n) is 5.73. The van der Waals surface area contributed by atoms with Crippen molar-refractivity contribution in [1.29, 1.82) is 0 Å². The van der Waals surface area contributed by atoms with Crippen molar-refractivity contribution in [3.63, 3.8) is 0 Å². The summed E-state index contributed by atoms with van der Waals surface area (Å²) in [7, 11) is 0. The highest BCUT2D eigenvalue weighted by atomic mass is 16.5. The Morgan fingerprint density at radius 3 is 2.68 bits per heavy atom. The molecule has 3 aromatic rings. The first-order valence-electron chi connectivity index (χ1n) is 10.8. The molecule has 0 spiro atoms. The Labute approximate surface area is 182 Å². The fraction of sp³-hybridized carbons (Fsp3) is 0.333. The lowest BCUT2D eigenvalue weighted by Gasteiger charge is -2.11. The fourth-order valence-electron chi connectivity index (χ4n) is 3.92. The van der Waals surface area contributed by atoms with Gasteiger partial charge in [-0.15, -0.1) is 0 Å². The average Bonchev–Trinajstić information content (AvgIpc) is 3.18. The van der Waals surface area contributed by atoms with Crippen LogP contribution in [0.3, 0.4) is 0 Å². The van der Waals surface area contributed by atoms with Gasteiger partial charge in [-0.2, -0.15) is 4.98 Å². The van der Waals surface area contributed by atoms with Crippen molar-refractivity contribution in [1.82, 2.24) is 20.3 Å². The first-order valence-corrected chi connectivity index (χ1v) is 10.8. The molecular weight excluding hydrogens is 388 g/mol. The standard InChI is InChI=1S/C24H26N6O/c1-16-2-5-20(13-26-12-16)28-24-29-22-15-31-14-21(22)23(30-24)27-19-6-3-17(4-7-19)18-8-10-25-11-9-18/h3-4,6-11,16,26H,2,5,12-15H2,1H3,(H,27,29,30). The van der Waals surface area contributed by atoms with E-state index in [-0.39, 0.29) is 0 Å². The zero-order valence-corrected chi connectivity index (χ0v) is 17.6. The van der Waals surface area contributed by atoms with E-state index >= 15 is 0 Å². The SMILES string of the molecule is CC1CCC(=Nc2nc3c(c(Nc4ccc(-c5ccncc5)cc4)n2)COC3)CNC1. The molecule has 0 aliphatic carbocycles. The van der Waals surface area contributed by atoms with Crippen molar-refractivity contribution in [2.24, 2.45) is 10.9 Å². The zero-order chi connectivity index (χ0) is 21.0. The number of ether oxygens (including phenoxy) is 1. The minimum absolute atomic E-state index is 0.501. The molecule has 0 amide bonds. The van der Waals surface area contributed by atoms with Gasteiger partial charge in [0, 0.05) is 35.9 Å². The topological polar surface area (TPSA) is 84.3 Å². The average molecular weight is 415 g/mol. The Morgan fingerprint density at radius 1 is 1.03 bits per heavy atom. The minimum Gasteiger partial charge on any atom is -0.370 e. The van der Waals surface area contributed by atoms with Crippen LogP contribution in [0.15, 0.2) is 53.8 Å². The third-order valence-corrected chi connectivity index (χ3v) is 5.73. The van der Waals surface area contributed by atoms with E-state index in [9.17, 15) is 0 Å². The Balaban J connectivity index is 1.40. The molecule has 7 heteroatoms. The van der Waals surface area contributed by atoms with Crippen molar-refractivity contribution in [2.45, 2.75) is 33.0 Å². The summed E-state index contributed by atoms with van der Waals surface area (Å²) in [5.74, 6) is 1.94. The summed E-state index contributed by atoms with van der Waals surface area (Å²) in [4.78, 5) is 18.3. The highest BCUT2D eigenvalue weighted by molar-refractivity contribution is 5.88. The van der Waals surface area contributed by atoms with Gasteiger partial charge in [0.15, 0.2) is 0 Å². The summed E-state index contributed by atoms with van der Waals surface area (Å²) in [5, 5.41) is 6.91. The lowest BCUT2D eigenvalue weighted by atomic mass is 10.1. The van der Waals surface area contributed by atoms with Crippen LogP contribution >= 0.6 is 0 Å². The van der Waals surface area contributed by atoms with E-state index in [1.807, 2.05) is 12.1 Å². The number of aliphatic imine (C=N–C) groups is 1. The van der Waals surface area contributed by atoms with Gasteiger partial charge >= 0.3 is 0 Å². The van der Waals surface area contributed by atoms with E-state index in [1.165, 1.54) is 0 Å². The Hall–Kier alpha value is -3.16. The van der Waals surface area contributed by atoms with Crippen LogP contribution in [-0.4, -0.2) is 33.8 Å². The molecule has 5 rings (SSSR count). The van der Waals surface area contributed by atoms with E-state index in [1.54, 1.807) is 12.4 Å². The molecule has 158 valence electrons. The number of aromatic nitrogens is 3. The number of benzene rings is 1. The van der Waals surface area contributed by atoms with Gasteiger partial charge in [0.1, 0.15) is 5.82 Å². The zero-order valence-electron chi connectivity index (χ0n) is 17.6. The third kappa shape index (κ3) is 4.62. The molecular formula is C24H26N6O. The minimum atomic E-state index is 0.501. The largest absolute Gasteiger partial charge is 0.370 e. The van der Waals surface area contributed by atoms with E-state index in [0.717, 1.165) is 65.5 Å². The van der Waals surface area contributed by atoms with Crippen LogP contribution in [0, 0.1) is 5.92 Å². The Morgan fingerprint density at radius 2 is 1.84 bits per heavy atom. The van der Waals surface area contributed by atoms with Gasteiger partial charge in [0.2, 0.25) is 0 Å². The second-order valence-electron chi connectivity index (χ2n) is 8.18. The smallest absolute Gasteiger partial charge is 0.251 e. The van der Waals surface area contributed by atoms with Crippen molar-refractivity contribution < 1.29 is 4.74 Å². The van der Waals surface area contributed by atoms with E-state index < -0.39 is 0 Å². The summed E-state index contributed by atoms with van der Waals surface area (Å²) in [6.45, 7) is 5.10. The molecule has 2 aromatic heterocycles. The van der Waals surface area contributed by atoms with Crippen LogP contribution in [0.2, 0.25) is 0 Å². The highest BCUT2D eigenvalue weighted by Gasteiger charge is 2.21. The fourth-order valence-corrected chi connectivity index (χ4v) is 3.92. The lowest BCUT2D eigenvalue weighted by Crippen LogP contribution is -2.22. The molecule has 4 heterocycles. The van der Waals surface area contributed by atoms with Crippen LogP contribution in [0.4, 0.5) is 17.5 Å². The number of nitrogens with one attached hydrogen (secondary N) is 2. The predicted molar refractivity (Wildman–Crippen MR) is 122 cm³/mol. The van der Waals surface area contributed by atoms with Gasteiger partial charge in [0.05, 0.1) is 18.9 Å². The summed E-state index contributed by atoms with van der Waals surface area (Å²) in [6.07, 6.45) is 5.72. The van der Waals surface area contributed by atoms with Crippen LogP contribution < -0.4 is 10.6 Å². The van der Waals surface area contributed by atoms with Crippen LogP contribution in [-0.2, 0) is 18.0 Å².